The number of unbranched alkanes of at least 4 members (excludes halogenated alkanes) is 1. The van der Waals surface area contributed by atoms with Crippen LogP contribution < -0.4 is 16.0 Å². The van der Waals surface area contributed by atoms with E-state index in [4.69, 9.17) is 19.3 Å². The summed E-state index contributed by atoms with van der Waals surface area (Å²) in [5, 5.41) is 26.0. The van der Waals surface area contributed by atoms with Gasteiger partial charge in [-0.25, -0.2) is 4.79 Å². The van der Waals surface area contributed by atoms with Gasteiger partial charge in [0.25, 0.3) is 0 Å². The van der Waals surface area contributed by atoms with Crippen molar-refractivity contribution in [1.29, 1.82) is 0 Å². The van der Waals surface area contributed by atoms with Crippen molar-refractivity contribution in [2.45, 2.75) is 57.5 Å². The van der Waals surface area contributed by atoms with Crippen LogP contribution in [0, 0.1) is 0 Å². The summed E-state index contributed by atoms with van der Waals surface area (Å²) in [5.74, 6) is -2.94. The molecule has 5 N–H and O–H groups in total. The third-order valence-corrected chi connectivity index (χ3v) is 4.60. The Balaban J connectivity index is 3.93. The van der Waals surface area contributed by atoms with Gasteiger partial charge in [0.15, 0.2) is 0 Å². The van der Waals surface area contributed by atoms with E-state index in [1.54, 1.807) is 7.05 Å². The minimum atomic E-state index is -1.22. The van der Waals surface area contributed by atoms with Crippen LogP contribution in [0.3, 0.4) is 0 Å². The Morgan fingerprint density at radius 1 is 0.758 bits per heavy atom. The average Bonchev–Trinajstić information content (AvgIpc) is 2.77. The predicted octanol–water partition coefficient (Wildman–Crippen LogP) is -0.245. The lowest BCUT2D eigenvalue weighted by Gasteiger charge is -2.15. The van der Waals surface area contributed by atoms with Gasteiger partial charge in [0.05, 0.1) is 33.0 Å². The number of amides is 2. The number of carboxylic acids is 2. The zero-order valence-electron chi connectivity index (χ0n) is 19.6. The van der Waals surface area contributed by atoms with E-state index in [0.29, 0.717) is 58.8 Å². The van der Waals surface area contributed by atoms with E-state index in [2.05, 4.69) is 16.0 Å². The Morgan fingerprint density at radius 3 is 1.94 bits per heavy atom. The Labute approximate surface area is 194 Å². The molecule has 0 radical (unpaired) electrons. The molecule has 0 aliphatic rings. The van der Waals surface area contributed by atoms with Crippen molar-refractivity contribution >= 4 is 23.8 Å². The molecule has 12 nitrogen and oxygen atoms in total. The van der Waals surface area contributed by atoms with Gasteiger partial charge in [-0.15, -0.1) is 0 Å². The lowest BCUT2D eigenvalue weighted by Crippen LogP contribution is -2.42. The van der Waals surface area contributed by atoms with E-state index >= 15 is 0 Å². The van der Waals surface area contributed by atoms with E-state index in [1.165, 1.54) is 0 Å². The fraction of sp³-hybridized carbons (Fsp3) is 0.810. The molecule has 0 rings (SSSR count). The first kappa shape index (κ1) is 30.7. The van der Waals surface area contributed by atoms with Crippen LogP contribution in [0.5, 0.6) is 0 Å². The van der Waals surface area contributed by atoms with Crippen LogP contribution >= 0.6 is 0 Å². The number of hydrogen-bond donors (Lipinski definition) is 5. The summed E-state index contributed by atoms with van der Waals surface area (Å²) in [6.07, 6.45) is 1.57. The average molecular weight is 478 g/mol. The summed E-state index contributed by atoms with van der Waals surface area (Å²) in [4.78, 5) is 46.1. The van der Waals surface area contributed by atoms with Gasteiger partial charge in [-0.05, 0) is 39.7 Å². The number of carbonyl (C=O) groups is 4. The van der Waals surface area contributed by atoms with Gasteiger partial charge >= 0.3 is 11.9 Å². The number of carbonyl (C=O) groups excluding carboxylic acids is 2. The third-order valence-electron chi connectivity index (χ3n) is 4.60. The van der Waals surface area contributed by atoms with Crippen LogP contribution in [0.1, 0.15) is 45.4 Å². The van der Waals surface area contributed by atoms with Crippen LogP contribution in [-0.4, -0.2) is 99.3 Å². The van der Waals surface area contributed by atoms with Crippen LogP contribution in [0.2, 0.25) is 0 Å². The molecule has 0 fully saturated rings. The highest BCUT2D eigenvalue weighted by atomic mass is 16.5. The number of aliphatic carboxylic acids is 2. The number of likely N-dealkylation sites (N-methyl/N-ethyl adjacent to an activating group) is 1. The molecule has 0 heterocycles. The molecule has 0 saturated heterocycles. The second-order valence-electron chi connectivity index (χ2n) is 7.19. The Kier molecular flexibility index (Phi) is 18.9. The van der Waals surface area contributed by atoms with Crippen LogP contribution in [0.25, 0.3) is 0 Å². The monoisotopic (exact) mass is 477 g/mol. The van der Waals surface area contributed by atoms with Crippen molar-refractivity contribution in [3.05, 3.63) is 0 Å². The molecule has 12 heteroatoms. The molecule has 0 aliphatic carbocycles. The number of ether oxygens (including phenoxy) is 3. The molecule has 0 aromatic rings. The summed E-state index contributed by atoms with van der Waals surface area (Å²) in [5.41, 5.74) is 0. The second kappa shape index (κ2) is 20.3. The van der Waals surface area contributed by atoms with Crippen molar-refractivity contribution < 1.29 is 43.6 Å². The first-order valence-corrected chi connectivity index (χ1v) is 11.2. The zero-order valence-corrected chi connectivity index (χ0v) is 19.6. The molecule has 0 spiro atoms. The molecule has 0 unspecified atom stereocenters. The highest BCUT2D eigenvalue weighted by Crippen LogP contribution is 2.02. The lowest BCUT2D eigenvalue weighted by atomic mass is 10.1. The first-order valence-electron chi connectivity index (χ1n) is 11.2. The van der Waals surface area contributed by atoms with Crippen LogP contribution in [0.4, 0.5) is 0 Å². The molecule has 192 valence electrons. The minimum Gasteiger partial charge on any atom is -0.480 e. The zero-order chi connectivity index (χ0) is 24.9. The van der Waals surface area contributed by atoms with E-state index in [9.17, 15) is 24.3 Å². The third kappa shape index (κ3) is 17.9. The standard InChI is InChI=1S/C21H39N3O9/c1-3-31-12-13-33-15-14-32-11-9-19(26)24-17(21(29)30)7-8-18(25)23-10-5-4-6-16(22-2)20(27)28/h16-17,22H,3-15H2,1-2H3,(H,23,25)(H,24,26)(H,27,28)(H,29,30)/t16-,17-/m0/s1. The van der Waals surface area contributed by atoms with E-state index in [-0.39, 0.29) is 31.8 Å². The van der Waals surface area contributed by atoms with Gasteiger partial charge in [-0.1, -0.05) is 0 Å². The van der Waals surface area contributed by atoms with Gasteiger partial charge in [0.2, 0.25) is 11.8 Å². The normalized spacial score (nSPS) is 12.7. The Bertz CT molecular complexity index is 575. The maximum absolute atomic E-state index is 11.9. The molecule has 0 aromatic heterocycles. The molecule has 0 aliphatic heterocycles. The topological polar surface area (TPSA) is 173 Å². The summed E-state index contributed by atoms with van der Waals surface area (Å²) in [6, 6.07) is -1.79. The molecule has 0 aromatic carbocycles. The van der Waals surface area contributed by atoms with Crippen LogP contribution in [0.15, 0.2) is 0 Å². The second-order valence-corrected chi connectivity index (χ2v) is 7.19. The van der Waals surface area contributed by atoms with Crippen molar-refractivity contribution in [2.24, 2.45) is 0 Å². The van der Waals surface area contributed by atoms with E-state index < -0.39 is 29.9 Å². The maximum atomic E-state index is 11.9. The number of rotatable bonds is 22. The molecule has 2 amide bonds. The highest BCUT2D eigenvalue weighted by molar-refractivity contribution is 5.84. The molecule has 2 atom stereocenters. The SMILES string of the molecule is CCOCCOCCOCCC(=O)N[C@@H](CCC(=O)NCCCC[C@H](NC)C(=O)O)C(=O)O. The van der Waals surface area contributed by atoms with Crippen molar-refractivity contribution in [3.8, 4) is 0 Å². The fourth-order valence-electron chi connectivity index (χ4n) is 2.73. The van der Waals surface area contributed by atoms with Gasteiger partial charge in [-0.2, -0.15) is 0 Å². The maximum Gasteiger partial charge on any atom is 0.326 e. The van der Waals surface area contributed by atoms with E-state index in [1.807, 2.05) is 6.92 Å². The predicted molar refractivity (Wildman–Crippen MR) is 119 cm³/mol. The van der Waals surface area contributed by atoms with Gasteiger partial charge < -0.3 is 40.4 Å². The molecule has 33 heavy (non-hydrogen) atoms. The summed E-state index contributed by atoms with van der Waals surface area (Å²) >= 11 is 0. The Hall–Kier alpha value is -2.28. The number of carboxylic acid groups (broad SMARTS) is 2. The van der Waals surface area contributed by atoms with Gasteiger partial charge in [-0.3, -0.25) is 14.4 Å². The molecular formula is C21H39N3O9. The smallest absolute Gasteiger partial charge is 0.326 e. The first-order chi connectivity index (χ1) is 15.8. The van der Waals surface area contributed by atoms with Crippen molar-refractivity contribution in [1.82, 2.24) is 16.0 Å². The summed E-state index contributed by atoms with van der Waals surface area (Å²) in [6.45, 7) is 4.68. The van der Waals surface area contributed by atoms with Crippen LogP contribution in [-0.2, 0) is 33.4 Å². The van der Waals surface area contributed by atoms with E-state index in [0.717, 1.165) is 0 Å². The van der Waals surface area contributed by atoms with Crippen molar-refractivity contribution in [2.75, 3.05) is 53.2 Å². The fourth-order valence-corrected chi connectivity index (χ4v) is 2.73. The summed E-state index contributed by atoms with van der Waals surface area (Å²) < 4.78 is 15.7. The van der Waals surface area contributed by atoms with Gasteiger partial charge in [0.1, 0.15) is 12.1 Å². The summed E-state index contributed by atoms with van der Waals surface area (Å²) in [7, 11) is 1.58. The molecule has 0 saturated carbocycles. The number of hydrogen-bond acceptors (Lipinski definition) is 8. The number of nitrogens with one attached hydrogen (secondary N) is 3. The largest absolute Gasteiger partial charge is 0.480 e. The molecule has 0 bridgehead atoms. The van der Waals surface area contributed by atoms with Gasteiger partial charge in [0, 0.05) is 26.0 Å². The lowest BCUT2D eigenvalue weighted by molar-refractivity contribution is -0.142. The van der Waals surface area contributed by atoms with Crippen molar-refractivity contribution in [3.63, 3.8) is 0 Å². The molecular weight excluding hydrogens is 438 g/mol. The quantitative estimate of drug-likeness (QED) is 0.131. The minimum absolute atomic E-state index is 0.00111. The Morgan fingerprint density at radius 2 is 1.36 bits per heavy atom. The highest BCUT2D eigenvalue weighted by Gasteiger charge is 2.21.